The van der Waals surface area contributed by atoms with Crippen molar-refractivity contribution < 1.29 is 34.1 Å². The zero-order chi connectivity index (χ0) is 34.2. The van der Waals surface area contributed by atoms with Gasteiger partial charge in [-0.05, 0) is 85.4 Å². The maximum Gasteiger partial charge on any atom is 0.180 e. The van der Waals surface area contributed by atoms with Crippen molar-refractivity contribution in [2.24, 2.45) is 0 Å². The van der Waals surface area contributed by atoms with E-state index in [1.807, 2.05) is 24.3 Å². The molecule has 2 N–H and O–H groups in total. The fourth-order valence-electron chi connectivity index (χ4n) is 5.32. The Bertz CT molecular complexity index is 1490. The number of aliphatic hydroxyl groups excluding tert-OH is 1. The van der Waals surface area contributed by atoms with Crippen LogP contribution in [0, 0.1) is 0 Å². The number of unbranched alkanes of at least 4 members (excludes halogenated alkanes) is 5. The summed E-state index contributed by atoms with van der Waals surface area (Å²) in [5.74, 6) is 0.656. The van der Waals surface area contributed by atoms with E-state index < -0.39 is 23.6 Å². The van der Waals surface area contributed by atoms with Gasteiger partial charge in [-0.3, -0.25) is 14.4 Å². The average Bonchev–Trinajstić information content (AvgIpc) is 3.31. The van der Waals surface area contributed by atoms with Crippen molar-refractivity contribution >= 4 is 40.5 Å². The molecule has 0 saturated carbocycles. The van der Waals surface area contributed by atoms with Gasteiger partial charge >= 0.3 is 0 Å². The highest BCUT2D eigenvalue weighted by molar-refractivity contribution is 7.99. The highest BCUT2D eigenvalue weighted by Crippen LogP contribution is 2.38. The van der Waals surface area contributed by atoms with Crippen molar-refractivity contribution in [3.8, 4) is 5.75 Å². The molecule has 0 radical (unpaired) electrons. The summed E-state index contributed by atoms with van der Waals surface area (Å²) in [7, 11) is 1.58. The second kappa shape index (κ2) is 20.1. The number of carbonyl (C=O) groups is 3. The zero-order valence-electron chi connectivity index (χ0n) is 27.9. The van der Waals surface area contributed by atoms with Crippen LogP contribution in [-0.4, -0.2) is 77.6 Å². The van der Waals surface area contributed by atoms with E-state index >= 15 is 0 Å². The molecule has 0 bridgehead atoms. The number of hydrogen-bond acceptors (Lipinski definition) is 9. The van der Waals surface area contributed by atoms with E-state index in [1.165, 1.54) is 61.8 Å². The summed E-state index contributed by atoms with van der Waals surface area (Å²) in [6.07, 6.45) is 10.8. The van der Waals surface area contributed by atoms with E-state index in [9.17, 15) is 24.6 Å². The number of thioether (sulfide) groups is 1. The Hall–Kier alpha value is -3.37. The van der Waals surface area contributed by atoms with Crippen LogP contribution in [0.5, 0.6) is 5.75 Å². The standard InChI is InChI=1S/C22H17NO4.C16H32O3S/c1-11(2)13-4-6-17-14(8-13)9-18(25)20(23-17)19-21(26)15-5-3-12(10-24)7-16(15)22(19)27;1-3-4-5-6-9-12-20-13-10-7-8-11-19-15-16(17)14-18-2/h3-11,19,25H,1-2H3;3,16-17H,1,4-15H2,2H3. The molecule has 8 nitrogen and oxygen atoms in total. The first kappa shape index (κ1) is 38.1. The number of aliphatic hydroxyl groups is 1. The molecule has 1 heterocycles. The minimum Gasteiger partial charge on any atom is -0.506 e. The average molecular weight is 664 g/mol. The Morgan fingerprint density at radius 2 is 1.66 bits per heavy atom. The summed E-state index contributed by atoms with van der Waals surface area (Å²) in [4.78, 5) is 41.0. The summed E-state index contributed by atoms with van der Waals surface area (Å²) >= 11 is 2.06. The molecular formula is C38H49NO7S. The SMILES string of the molecule is C=CCCCCCSCCCCCOCC(O)COC.CC(C)c1ccc2nc(C3C(=O)c4ccc(C=O)cc4C3=O)c(O)cc2c1. The number of ether oxygens (including phenoxy) is 2. The van der Waals surface area contributed by atoms with Gasteiger partial charge in [-0.25, -0.2) is 4.98 Å². The van der Waals surface area contributed by atoms with Gasteiger partial charge in [0.25, 0.3) is 0 Å². The number of pyridine rings is 1. The molecule has 0 aliphatic heterocycles. The third-order valence-corrected chi connectivity index (χ3v) is 9.12. The van der Waals surface area contributed by atoms with Crippen LogP contribution in [0.25, 0.3) is 10.9 Å². The number of hydrogen-bond donors (Lipinski definition) is 2. The monoisotopic (exact) mass is 663 g/mol. The minimum atomic E-state index is -1.18. The Labute approximate surface area is 283 Å². The van der Waals surface area contributed by atoms with E-state index in [4.69, 9.17) is 9.47 Å². The van der Waals surface area contributed by atoms with Gasteiger partial charge in [0.15, 0.2) is 11.6 Å². The minimum absolute atomic E-state index is 0.0543. The Balaban J connectivity index is 0.000000270. The number of fused-ring (bicyclic) bond motifs is 2. The largest absolute Gasteiger partial charge is 0.506 e. The van der Waals surface area contributed by atoms with Gasteiger partial charge < -0.3 is 19.7 Å². The number of Topliss-reactive ketones (excluding diaryl/α,β-unsaturated/α-hetero) is 2. The van der Waals surface area contributed by atoms with E-state index in [-0.39, 0.29) is 22.6 Å². The highest BCUT2D eigenvalue weighted by Gasteiger charge is 2.42. The molecule has 1 aromatic heterocycles. The first-order valence-corrected chi connectivity index (χ1v) is 17.6. The van der Waals surface area contributed by atoms with Crippen LogP contribution in [0.4, 0.5) is 0 Å². The van der Waals surface area contributed by atoms with E-state index in [2.05, 4.69) is 37.2 Å². The second-order valence-corrected chi connectivity index (χ2v) is 13.3. The molecule has 0 fully saturated rings. The molecule has 0 spiro atoms. The van der Waals surface area contributed by atoms with Crippen LogP contribution in [0.3, 0.4) is 0 Å². The third kappa shape index (κ3) is 11.4. The molecule has 1 aliphatic rings. The Kier molecular flexibility index (Phi) is 16.3. The number of allylic oxidation sites excluding steroid dienone is 1. The molecule has 2 aromatic carbocycles. The number of methoxy groups -OCH3 is 1. The molecule has 254 valence electrons. The first-order valence-electron chi connectivity index (χ1n) is 16.5. The number of nitrogens with zero attached hydrogens (tertiary/aromatic N) is 1. The molecule has 2 unspecified atom stereocenters. The molecule has 2 atom stereocenters. The maximum atomic E-state index is 12.8. The molecule has 0 saturated heterocycles. The van der Waals surface area contributed by atoms with Crippen molar-refractivity contribution in [3.05, 3.63) is 83.1 Å². The summed E-state index contributed by atoms with van der Waals surface area (Å²) in [6.45, 7) is 9.35. The van der Waals surface area contributed by atoms with Gasteiger partial charge in [0.1, 0.15) is 29.8 Å². The second-order valence-electron chi connectivity index (χ2n) is 12.1. The number of carbonyl (C=O) groups excluding carboxylic acids is 3. The van der Waals surface area contributed by atoms with Crippen molar-refractivity contribution in [3.63, 3.8) is 0 Å². The van der Waals surface area contributed by atoms with Crippen molar-refractivity contribution in [1.29, 1.82) is 0 Å². The topological polar surface area (TPSA) is 123 Å². The van der Waals surface area contributed by atoms with Crippen molar-refractivity contribution in [2.45, 2.75) is 76.7 Å². The third-order valence-electron chi connectivity index (χ3n) is 7.97. The van der Waals surface area contributed by atoms with Gasteiger partial charge in [-0.1, -0.05) is 44.9 Å². The fraction of sp³-hybridized carbons (Fsp3) is 0.474. The van der Waals surface area contributed by atoms with Gasteiger partial charge in [-0.15, -0.1) is 6.58 Å². The number of benzene rings is 2. The van der Waals surface area contributed by atoms with Crippen LogP contribution < -0.4 is 0 Å². The van der Waals surface area contributed by atoms with Gasteiger partial charge in [0, 0.05) is 35.8 Å². The lowest BCUT2D eigenvalue weighted by atomic mass is 9.96. The van der Waals surface area contributed by atoms with Crippen molar-refractivity contribution in [2.75, 3.05) is 38.4 Å². The molecule has 47 heavy (non-hydrogen) atoms. The normalized spacial score (nSPS) is 14.6. The number of aromatic nitrogens is 1. The highest BCUT2D eigenvalue weighted by atomic mass is 32.2. The molecular weight excluding hydrogens is 614 g/mol. The summed E-state index contributed by atoms with van der Waals surface area (Å²) in [6, 6.07) is 11.7. The lowest BCUT2D eigenvalue weighted by Gasteiger charge is -2.12. The summed E-state index contributed by atoms with van der Waals surface area (Å²) < 4.78 is 10.2. The molecule has 4 rings (SSSR count). The lowest BCUT2D eigenvalue weighted by molar-refractivity contribution is -0.00676. The first-order chi connectivity index (χ1) is 22.7. The van der Waals surface area contributed by atoms with Crippen LogP contribution >= 0.6 is 11.8 Å². The fourth-order valence-corrected chi connectivity index (χ4v) is 6.34. The van der Waals surface area contributed by atoms with E-state index in [0.29, 0.717) is 36.5 Å². The summed E-state index contributed by atoms with van der Waals surface area (Å²) in [5, 5.41) is 20.6. The Morgan fingerprint density at radius 3 is 2.34 bits per heavy atom. The Morgan fingerprint density at radius 1 is 0.936 bits per heavy atom. The van der Waals surface area contributed by atoms with Crippen LogP contribution in [0.1, 0.15) is 113 Å². The van der Waals surface area contributed by atoms with Gasteiger partial charge in [0.05, 0.1) is 18.7 Å². The summed E-state index contributed by atoms with van der Waals surface area (Å²) in [5.41, 5.74) is 2.56. The van der Waals surface area contributed by atoms with E-state index in [1.54, 1.807) is 13.2 Å². The van der Waals surface area contributed by atoms with Crippen LogP contribution in [-0.2, 0) is 9.47 Å². The maximum absolute atomic E-state index is 12.8. The van der Waals surface area contributed by atoms with E-state index in [0.717, 1.165) is 30.4 Å². The molecule has 1 aliphatic carbocycles. The zero-order valence-corrected chi connectivity index (χ0v) is 28.7. The van der Waals surface area contributed by atoms with Gasteiger partial charge in [-0.2, -0.15) is 11.8 Å². The van der Waals surface area contributed by atoms with Gasteiger partial charge in [0.2, 0.25) is 0 Å². The predicted octanol–water partition coefficient (Wildman–Crippen LogP) is 7.70. The number of ketones is 2. The van der Waals surface area contributed by atoms with Crippen LogP contribution in [0.2, 0.25) is 0 Å². The van der Waals surface area contributed by atoms with Crippen LogP contribution in [0.15, 0.2) is 55.1 Å². The molecule has 9 heteroatoms. The lowest BCUT2D eigenvalue weighted by Crippen LogP contribution is -2.21. The van der Waals surface area contributed by atoms with Crippen molar-refractivity contribution in [1.82, 2.24) is 4.98 Å². The molecule has 0 amide bonds. The number of aromatic hydroxyl groups is 1. The number of aldehydes is 1. The molecule has 3 aromatic rings. The smallest absolute Gasteiger partial charge is 0.180 e. The predicted molar refractivity (Wildman–Crippen MR) is 189 cm³/mol. The number of rotatable bonds is 19. The quantitative estimate of drug-likeness (QED) is 0.0575.